The van der Waals surface area contributed by atoms with Gasteiger partial charge >= 0.3 is 0 Å². The van der Waals surface area contributed by atoms with E-state index in [2.05, 4.69) is 43.4 Å². The zero-order valence-corrected chi connectivity index (χ0v) is 11.2. The number of nitrogens with zero attached hydrogens (tertiary/aromatic N) is 1. The molecular formula is C16H20N2. The molecule has 0 fully saturated rings. The number of hydrogen-bond donors (Lipinski definition) is 1. The van der Waals surface area contributed by atoms with Crippen LogP contribution in [0.2, 0.25) is 0 Å². The van der Waals surface area contributed by atoms with Crippen molar-refractivity contribution >= 4 is 10.9 Å². The predicted octanol–water partition coefficient (Wildman–Crippen LogP) is 3.22. The van der Waals surface area contributed by atoms with E-state index in [1.807, 2.05) is 0 Å². The molecule has 0 aliphatic heterocycles. The van der Waals surface area contributed by atoms with Gasteiger partial charge in [0.25, 0.3) is 0 Å². The number of aromatic nitrogens is 1. The van der Waals surface area contributed by atoms with Crippen molar-refractivity contribution in [3.05, 3.63) is 41.1 Å². The lowest BCUT2D eigenvalue weighted by molar-refractivity contribution is 0.588. The average Bonchev–Trinajstić information content (AvgIpc) is 2.82. The summed E-state index contributed by atoms with van der Waals surface area (Å²) < 4.78 is 0. The molecule has 0 saturated carbocycles. The summed E-state index contributed by atoms with van der Waals surface area (Å²) in [5, 5.41) is 4.88. The highest BCUT2D eigenvalue weighted by Gasteiger charge is 2.18. The number of para-hydroxylation sites is 1. The summed E-state index contributed by atoms with van der Waals surface area (Å²) in [5.74, 6) is 0. The van der Waals surface area contributed by atoms with Crippen molar-refractivity contribution in [1.82, 2.24) is 10.3 Å². The first-order valence-electron chi connectivity index (χ1n) is 6.88. The lowest BCUT2D eigenvalue weighted by Crippen LogP contribution is -2.23. The Balaban J connectivity index is 2.13. The van der Waals surface area contributed by atoms with Gasteiger partial charge in [-0.1, -0.05) is 32.0 Å². The molecule has 1 aromatic heterocycles. The Bertz CT molecular complexity index is 573. The number of hydrogen-bond acceptors (Lipinski definition) is 2. The van der Waals surface area contributed by atoms with Crippen molar-refractivity contribution in [3.63, 3.8) is 0 Å². The van der Waals surface area contributed by atoms with Gasteiger partial charge in [0, 0.05) is 23.7 Å². The maximum absolute atomic E-state index is 4.82. The molecule has 94 valence electrons. The van der Waals surface area contributed by atoms with Gasteiger partial charge < -0.3 is 5.32 Å². The summed E-state index contributed by atoms with van der Waals surface area (Å²) in [7, 11) is 0. The van der Waals surface area contributed by atoms with Gasteiger partial charge in [-0.05, 0) is 36.5 Å². The number of pyridine rings is 1. The second-order valence-corrected chi connectivity index (χ2v) is 5.42. The first kappa shape index (κ1) is 11.7. The van der Waals surface area contributed by atoms with Gasteiger partial charge in [0.2, 0.25) is 0 Å². The van der Waals surface area contributed by atoms with Crippen LogP contribution in [0.1, 0.15) is 37.1 Å². The molecule has 0 spiro atoms. The van der Waals surface area contributed by atoms with Crippen LogP contribution in [0.15, 0.2) is 24.3 Å². The van der Waals surface area contributed by atoms with E-state index < -0.39 is 0 Å². The minimum absolute atomic E-state index is 0.522. The molecule has 3 rings (SSSR count). The quantitative estimate of drug-likeness (QED) is 0.891. The number of rotatable bonds is 3. The summed E-state index contributed by atoms with van der Waals surface area (Å²) in [4.78, 5) is 4.82. The Labute approximate surface area is 108 Å². The van der Waals surface area contributed by atoms with Crippen LogP contribution in [0.4, 0.5) is 0 Å². The molecule has 2 heteroatoms. The third kappa shape index (κ3) is 2.01. The predicted molar refractivity (Wildman–Crippen MR) is 75.7 cm³/mol. The summed E-state index contributed by atoms with van der Waals surface area (Å²) in [6.07, 6.45) is 3.60. The lowest BCUT2D eigenvalue weighted by Gasteiger charge is -2.14. The molecule has 18 heavy (non-hydrogen) atoms. The van der Waals surface area contributed by atoms with Gasteiger partial charge in [0.05, 0.1) is 5.52 Å². The first-order chi connectivity index (χ1) is 8.75. The van der Waals surface area contributed by atoms with E-state index in [1.54, 1.807) is 0 Å². The smallest absolute Gasteiger partial charge is 0.0708 e. The van der Waals surface area contributed by atoms with Crippen LogP contribution in [0, 0.1) is 0 Å². The van der Waals surface area contributed by atoms with Crippen LogP contribution in [0.3, 0.4) is 0 Å². The van der Waals surface area contributed by atoms with Gasteiger partial charge in [0.1, 0.15) is 0 Å². The van der Waals surface area contributed by atoms with E-state index in [1.165, 1.54) is 35.0 Å². The topological polar surface area (TPSA) is 24.9 Å². The molecule has 1 heterocycles. The van der Waals surface area contributed by atoms with Crippen molar-refractivity contribution in [2.24, 2.45) is 0 Å². The summed E-state index contributed by atoms with van der Waals surface area (Å²) in [6, 6.07) is 9.06. The fourth-order valence-corrected chi connectivity index (χ4v) is 2.82. The summed E-state index contributed by atoms with van der Waals surface area (Å²) in [6.45, 7) is 5.36. The first-order valence-corrected chi connectivity index (χ1v) is 6.88. The highest BCUT2D eigenvalue weighted by molar-refractivity contribution is 5.84. The minimum atomic E-state index is 0.522. The molecule has 0 bridgehead atoms. The second-order valence-electron chi connectivity index (χ2n) is 5.42. The Kier molecular flexibility index (Phi) is 3.04. The molecule has 0 radical (unpaired) electrons. The lowest BCUT2D eigenvalue weighted by atomic mass is 10.0. The van der Waals surface area contributed by atoms with Gasteiger partial charge in [-0.25, -0.2) is 0 Å². The van der Waals surface area contributed by atoms with Crippen molar-refractivity contribution < 1.29 is 0 Å². The van der Waals surface area contributed by atoms with Crippen LogP contribution in [0.25, 0.3) is 10.9 Å². The maximum Gasteiger partial charge on any atom is 0.0708 e. The van der Waals surface area contributed by atoms with Crippen molar-refractivity contribution in [1.29, 1.82) is 0 Å². The van der Waals surface area contributed by atoms with Gasteiger partial charge in [0.15, 0.2) is 0 Å². The molecule has 2 aromatic rings. The van der Waals surface area contributed by atoms with Crippen molar-refractivity contribution in [2.45, 2.75) is 45.7 Å². The Morgan fingerprint density at radius 2 is 2.06 bits per heavy atom. The van der Waals surface area contributed by atoms with Gasteiger partial charge in [-0.3, -0.25) is 4.98 Å². The Hall–Kier alpha value is -1.41. The number of fused-ring (bicyclic) bond motifs is 2. The highest BCUT2D eigenvalue weighted by atomic mass is 14.9. The molecule has 0 saturated heterocycles. The van der Waals surface area contributed by atoms with Crippen LogP contribution >= 0.6 is 0 Å². The third-order valence-electron chi connectivity index (χ3n) is 3.72. The average molecular weight is 240 g/mol. The molecular weight excluding hydrogens is 220 g/mol. The van der Waals surface area contributed by atoms with E-state index in [4.69, 9.17) is 4.98 Å². The Morgan fingerprint density at radius 1 is 1.22 bits per heavy atom. The third-order valence-corrected chi connectivity index (χ3v) is 3.72. The Morgan fingerprint density at radius 3 is 2.89 bits per heavy atom. The summed E-state index contributed by atoms with van der Waals surface area (Å²) >= 11 is 0. The number of benzene rings is 1. The molecule has 1 aliphatic carbocycles. The molecule has 2 nitrogen and oxygen atoms in total. The monoisotopic (exact) mass is 240 g/mol. The maximum atomic E-state index is 4.82. The molecule has 1 aromatic carbocycles. The largest absolute Gasteiger partial charge is 0.310 e. The van der Waals surface area contributed by atoms with E-state index in [0.29, 0.717) is 6.04 Å². The standard InChI is InChI=1S/C16H20N2/c1-11(2)17-10-14-12-6-3-4-8-15(12)18-16-9-5-7-13(14)16/h3-4,6,8,11,17H,5,7,9-10H2,1-2H3. The summed E-state index contributed by atoms with van der Waals surface area (Å²) in [5.41, 5.74) is 5.46. The zero-order chi connectivity index (χ0) is 12.5. The van der Waals surface area contributed by atoms with Gasteiger partial charge in [-0.15, -0.1) is 0 Å². The number of aryl methyl sites for hydroxylation is 1. The fourth-order valence-electron chi connectivity index (χ4n) is 2.82. The molecule has 0 atom stereocenters. The fraction of sp³-hybridized carbons (Fsp3) is 0.438. The van der Waals surface area contributed by atoms with Crippen LogP contribution < -0.4 is 5.32 Å². The zero-order valence-electron chi connectivity index (χ0n) is 11.2. The van der Waals surface area contributed by atoms with Crippen LogP contribution in [-0.4, -0.2) is 11.0 Å². The molecule has 0 unspecified atom stereocenters. The second kappa shape index (κ2) is 4.69. The van der Waals surface area contributed by atoms with E-state index >= 15 is 0 Å². The molecule has 1 N–H and O–H groups in total. The van der Waals surface area contributed by atoms with E-state index in [0.717, 1.165) is 18.5 Å². The van der Waals surface area contributed by atoms with Crippen molar-refractivity contribution in [3.8, 4) is 0 Å². The normalized spacial score (nSPS) is 14.4. The minimum Gasteiger partial charge on any atom is -0.310 e. The molecule has 0 amide bonds. The van der Waals surface area contributed by atoms with E-state index in [-0.39, 0.29) is 0 Å². The SMILES string of the molecule is CC(C)NCc1c2c(nc3ccccc13)CCC2. The van der Waals surface area contributed by atoms with Crippen LogP contribution in [0.5, 0.6) is 0 Å². The highest BCUT2D eigenvalue weighted by Crippen LogP contribution is 2.29. The number of nitrogens with one attached hydrogen (secondary N) is 1. The van der Waals surface area contributed by atoms with E-state index in [9.17, 15) is 0 Å². The van der Waals surface area contributed by atoms with Crippen LogP contribution in [-0.2, 0) is 19.4 Å². The van der Waals surface area contributed by atoms with Gasteiger partial charge in [-0.2, -0.15) is 0 Å². The molecule has 1 aliphatic rings. The van der Waals surface area contributed by atoms with Crippen molar-refractivity contribution in [2.75, 3.05) is 0 Å².